The maximum Gasteiger partial charge on any atom is 0.261 e. The van der Waals surface area contributed by atoms with E-state index < -0.39 is 10.0 Å². The molecule has 0 aliphatic rings. The van der Waals surface area contributed by atoms with Crippen LogP contribution in [0.25, 0.3) is 0 Å². The largest absolute Gasteiger partial charge is 0.493 e. The Hall–Kier alpha value is -2.99. The molecule has 0 saturated carbocycles. The highest BCUT2D eigenvalue weighted by Gasteiger charge is 2.15. The van der Waals surface area contributed by atoms with E-state index in [9.17, 15) is 8.42 Å². The number of benzene rings is 3. The molecule has 3 rings (SSSR count). The molecule has 0 radical (unpaired) electrons. The summed E-state index contributed by atoms with van der Waals surface area (Å²) in [6, 6.07) is 22.8. The number of hydrogen-bond donors (Lipinski definition) is 1. The summed E-state index contributed by atoms with van der Waals surface area (Å²) in [6.07, 6.45) is 0. The van der Waals surface area contributed by atoms with Crippen molar-refractivity contribution in [2.75, 3.05) is 11.8 Å². The van der Waals surface area contributed by atoms with Crippen LogP contribution in [0.15, 0.2) is 83.8 Å². The molecule has 0 unspecified atom stereocenters. The van der Waals surface area contributed by atoms with Gasteiger partial charge in [0.2, 0.25) is 0 Å². The second-order valence-electron chi connectivity index (χ2n) is 5.56. The molecule has 0 saturated heterocycles. The van der Waals surface area contributed by atoms with E-state index >= 15 is 0 Å². The second-order valence-corrected chi connectivity index (χ2v) is 7.24. The molecule has 0 bridgehead atoms. The Morgan fingerprint density at radius 2 is 1.50 bits per heavy atom. The van der Waals surface area contributed by atoms with Crippen molar-refractivity contribution < 1.29 is 17.9 Å². The van der Waals surface area contributed by atoms with Crippen molar-refractivity contribution >= 4 is 15.7 Å². The van der Waals surface area contributed by atoms with Crippen LogP contribution in [0.5, 0.6) is 11.5 Å². The van der Waals surface area contributed by atoms with Gasteiger partial charge in [-0.15, -0.1) is 0 Å². The lowest BCUT2D eigenvalue weighted by atomic mass is 10.2. The van der Waals surface area contributed by atoms with Crippen molar-refractivity contribution in [2.45, 2.75) is 11.5 Å². The minimum atomic E-state index is -3.66. The maximum absolute atomic E-state index is 12.5. The molecule has 1 N–H and O–H groups in total. The van der Waals surface area contributed by atoms with Crippen LogP contribution in [0.3, 0.4) is 0 Å². The summed E-state index contributed by atoms with van der Waals surface area (Å²) in [6.45, 7) is 0.353. The first-order chi connectivity index (χ1) is 12.6. The fourth-order valence-corrected chi connectivity index (χ4v) is 3.47. The number of ether oxygens (including phenoxy) is 2. The van der Waals surface area contributed by atoms with Gasteiger partial charge in [0.15, 0.2) is 11.5 Å². The third-order valence-electron chi connectivity index (χ3n) is 3.71. The molecule has 3 aromatic carbocycles. The van der Waals surface area contributed by atoms with E-state index in [1.54, 1.807) is 55.6 Å². The molecular formula is C20H19NO4S. The first-order valence-electron chi connectivity index (χ1n) is 8.01. The minimum Gasteiger partial charge on any atom is -0.493 e. The highest BCUT2D eigenvalue weighted by molar-refractivity contribution is 7.92. The standard InChI is InChI=1S/C20H19NO4S/c1-24-19-13-12-17(21-26(22,23)18-10-6-3-7-11-18)14-20(19)25-15-16-8-4-2-5-9-16/h2-14,21H,15H2,1H3. The molecule has 6 heteroatoms. The van der Waals surface area contributed by atoms with E-state index in [-0.39, 0.29) is 4.90 Å². The smallest absolute Gasteiger partial charge is 0.261 e. The Bertz CT molecular complexity index is 958. The van der Waals surface area contributed by atoms with Gasteiger partial charge < -0.3 is 9.47 Å². The summed E-state index contributed by atoms with van der Waals surface area (Å²) in [4.78, 5) is 0.197. The van der Waals surface area contributed by atoms with Gasteiger partial charge in [-0.1, -0.05) is 48.5 Å². The van der Waals surface area contributed by atoms with Gasteiger partial charge in [-0.05, 0) is 29.8 Å². The molecule has 3 aromatic rings. The summed E-state index contributed by atoms with van der Waals surface area (Å²) in [5, 5.41) is 0. The van der Waals surface area contributed by atoms with E-state index in [0.717, 1.165) is 5.56 Å². The van der Waals surface area contributed by atoms with Gasteiger partial charge in [-0.2, -0.15) is 0 Å². The molecule has 0 atom stereocenters. The lowest BCUT2D eigenvalue weighted by molar-refractivity contribution is 0.284. The topological polar surface area (TPSA) is 64.6 Å². The Labute approximate surface area is 153 Å². The number of hydrogen-bond acceptors (Lipinski definition) is 4. The van der Waals surface area contributed by atoms with Crippen molar-refractivity contribution in [1.82, 2.24) is 0 Å². The van der Waals surface area contributed by atoms with Crippen molar-refractivity contribution in [3.8, 4) is 11.5 Å². The average molecular weight is 369 g/mol. The minimum absolute atomic E-state index is 0.197. The van der Waals surface area contributed by atoms with Crippen LogP contribution < -0.4 is 14.2 Å². The molecular weight excluding hydrogens is 350 g/mol. The fourth-order valence-electron chi connectivity index (χ4n) is 2.40. The van der Waals surface area contributed by atoms with E-state index in [4.69, 9.17) is 9.47 Å². The monoisotopic (exact) mass is 369 g/mol. The molecule has 0 amide bonds. The van der Waals surface area contributed by atoms with Crippen LogP contribution in [0, 0.1) is 0 Å². The average Bonchev–Trinajstić information content (AvgIpc) is 2.68. The number of anilines is 1. The highest BCUT2D eigenvalue weighted by Crippen LogP contribution is 2.31. The fraction of sp³-hybridized carbons (Fsp3) is 0.100. The van der Waals surface area contributed by atoms with Crippen LogP contribution >= 0.6 is 0 Å². The van der Waals surface area contributed by atoms with Gasteiger partial charge in [0, 0.05) is 6.07 Å². The third kappa shape index (κ3) is 4.34. The maximum atomic E-state index is 12.5. The molecule has 134 valence electrons. The molecule has 0 aliphatic heterocycles. The van der Waals surface area contributed by atoms with Gasteiger partial charge in [-0.3, -0.25) is 4.72 Å². The first kappa shape index (κ1) is 17.8. The number of methoxy groups -OCH3 is 1. The van der Waals surface area contributed by atoms with E-state index in [2.05, 4.69) is 4.72 Å². The van der Waals surface area contributed by atoms with Crippen molar-refractivity contribution in [3.63, 3.8) is 0 Å². The Morgan fingerprint density at radius 3 is 2.15 bits per heavy atom. The number of rotatable bonds is 7. The molecule has 0 heterocycles. The summed E-state index contributed by atoms with van der Waals surface area (Å²) in [7, 11) is -2.12. The van der Waals surface area contributed by atoms with Crippen LogP contribution in [0.2, 0.25) is 0 Å². The Morgan fingerprint density at radius 1 is 0.846 bits per heavy atom. The summed E-state index contributed by atoms with van der Waals surface area (Å²) in [5.74, 6) is 0.994. The zero-order valence-electron chi connectivity index (χ0n) is 14.3. The quantitative estimate of drug-likeness (QED) is 0.682. The predicted octanol–water partition coefficient (Wildman–Crippen LogP) is 4.08. The molecule has 5 nitrogen and oxygen atoms in total. The first-order valence-corrected chi connectivity index (χ1v) is 9.49. The van der Waals surface area contributed by atoms with Gasteiger partial charge in [0.05, 0.1) is 17.7 Å². The summed E-state index contributed by atoms with van der Waals surface area (Å²) >= 11 is 0. The summed E-state index contributed by atoms with van der Waals surface area (Å²) < 4.78 is 38.6. The van der Waals surface area contributed by atoms with Gasteiger partial charge >= 0.3 is 0 Å². The van der Waals surface area contributed by atoms with Crippen LogP contribution in [-0.4, -0.2) is 15.5 Å². The molecule has 0 aromatic heterocycles. The van der Waals surface area contributed by atoms with Crippen molar-refractivity contribution in [2.24, 2.45) is 0 Å². The number of sulfonamides is 1. The second kappa shape index (κ2) is 7.93. The Kier molecular flexibility index (Phi) is 5.43. The van der Waals surface area contributed by atoms with E-state index in [1.807, 2.05) is 30.3 Å². The molecule has 0 spiro atoms. The third-order valence-corrected chi connectivity index (χ3v) is 5.10. The van der Waals surface area contributed by atoms with E-state index in [0.29, 0.717) is 23.8 Å². The predicted molar refractivity (Wildman–Crippen MR) is 101 cm³/mol. The van der Waals surface area contributed by atoms with E-state index in [1.165, 1.54) is 0 Å². The Balaban J connectivity index is 1.81. The number of nitrogens with one attached hydrogen (secondary N) is 1. The lowest BCUT2D eigenvalue weighted by Crippen LogP contribution is -2.13. The normalized spacial score (nSPS) is 11.0. The van der Waals surface area contributed by atoms with Gasteiger partial charge in [0.25, 0.3) is 10.0 Å². The van der Waals surface area contributed by atoms with Gasteiger partial charge in [-0.25, -0.2) is 8.42 Å². The lowest BCUT2D eigenvalue weighted by Gasteiger charge is -2.14. The van der Waals surface area contributed by atoms with Crippen molar-refractivity contribution in [1.29, 1.82) is 0 Å². The molecule has 0 fully saturated rings. The highest BCUT2D eigenvalue weighted by atomic mass is 32.2. The van der Waals surface area contributed by atoms with Crippen LogP contribution in [0.4, 0.5) is 5.69 Å². The van der Waals surface area contributed by atoms with Crippen LogP contribution in [0.1, 0.15) is 5.56 Å². The molecule has 26 heavy (non-hydrogen) atoms. The van der Waals surface area contributed by atoms with Crippen molar-refractivity contribution in [3.05, 3.63) is 84.4 Å². The zero-order valence-corrected chi connectivity index (χ0v) is 15.1. The molecule has 0 aliphatic carbocycles. The van der Waals surface area contributed by atoms with Gasteiger partial charge in [0.1, 0.15) is 6.61 Å². The SMILES string of the molecule is COc1ccc(NS(=O)(=O)c2ccccc2)cc1OCc1ccccc1. The summed E-state index contributed by atoms with van der Waals surface area (Å²) in [5.41, 5.74) is 1.41. The zero-order chi connectivity index (χ0) is 18.4. The van der Waals surface area contributed by atoms with Crippen LogP contribution in [-0.2, 0) is 16.6 Å².